The molecule has 0 saturated heterocycles. The number of aromatic nitrogens is 2. The molecule has 43 heavy (non-hydrogen) atoms. The van der Waals surface area contributed by atoms with Crippen LogP contribution in [0.1, 0.15) is 57.7 Å². The molecule has 5 heteroatoms. The predicted molar refractivity (Wildman–Crippen MR) is 172 cm³/mol. The maximum absolute atomic E-state index is 12.5. The summed E-state index contributed by atoms with van der Waals surface area (Å²) in [7, 11) is 0. The smallest absolute Gasteiger partial charge is 0.248 e. The van der Waals surface area contributed by atoms with Crippen LogP contribution in [0.15, 0.2) is 134 Å². The molecule has 1 amide bonds. The number of rotatable bonds is 8. The summed E-state index contributed by atoms with van der Waals surface area (Å²) in [6.45, 7) is 5.90. The number of imidazole rings is 1. The molecule has 5 nitrogen and oxygen atoms in total. The summed E-state index contributed by atoms with van der Waals surface area (Å²) in [5.41, 5.74) is 9.32. The Balaban J connectivity index is 1.57. The van der Waals surface area contributed by atoms with Crippen LogP contribution in [0.5, 0.6) is 0 Å². The Bertz CT molecular complexity index is 1800. The monoisotopic (exact) mass is 565 g/mol. The van der Waals surface area contributed by atoms with Gasteiger partial charge in [0.1, 0.15) is 11.1 Å². The largest absolute Gasteiger partial charge is 0.378 e. The molecule has 0 bridgehead atoms. The zero-order valence-electron chi connectivity index (χ0n) is 24.6. The van der Waals surface area contributed by atoms with Gasteiger partial charge in [-0.15, -0.1) is 0 Å². The van der Waals surface area contributed by atoms with Crippen molar-refractivity contribution in [1.29, 1.82) is 0 Å². The second-order valence-corrected chi connectivity index (χ2v) is 11.4. The molecule has 0 saturated carbocycles. The van der Waals surface area contributed by atoms with Crippen molar-refractivity contribution in [2.45, 2.75) is 31.9 Å². The maximum atomic E-state index is 12.5. The van der Waals surface area contributed by atoms with Gasteiger partial charge in [-0.3, -0.25) is 4.79 Å². The van der Waals surface area contributed by atoms with Gasteiger partial charge in [0, 0.05) is 11.8 Å². The fraction of sp³-hybridized carbons (Fsp3) is 0.158. The van der Waals surface area contributed by atoms with Gasteiger partial charge in [-0.05, 0) is 63.6 Å². The minimum Gasteiger partial charge on any atom is -0.378 e. The summed E-state index contributed by atoms with van der Waals surface area (Å²) < 4.78 is 2.13. The zero-order valence-corrected chi connectivity index (χ0v) is 24.6. The first-order chi connectivity index (χ1) is 20.8. The zero-order chi connectivity index (χ0) is 30.2. The molecule has 6 rings (SSSR count). The van der Waals surface area contributed by atoms with E-state index < -0.39 is 17.0 Å². The molecule has 3 N–H and O–H groups in total. The van der Waals surface area contributed by atoms with Crippen LogP contribution in [0, 0.1) is 12.8 Å². The summed E-state index contributed by atoms with van der Waals surface area (Å²) in [5, 5.41) is 14.4. The van der Waals surface area contributed by atoms with Gasteiger partial charge in [0.15, 0.2) is 0 Å². The molecular formula is C38H35N3O2. The topological polar surface area (TPSA) is 81.1 Å². The molecule has 5 aromatic carbocycles. The Morgan fingerprint density at radius 3 is 1.79 bits per heavy atom. The van der Waals surface area contributed by atoms with Crippen molar-refractivity contribution in [3.05, 3.63) is 173 Å². The Morgan fingerprint density at radius 2 is 1.30 bits per heavy atom. The average Bonchev–Trinajstić information content (AvgIpc) is 3.53. The molecule has 6 aromatic rings. The van der Waals surface area contributed by atoms with Crippen LogP contribution in [0.4, 0.5) is 0 Å². The van der Waals surface area contributed by atoms with Gasteiger partial charge in [-0.1, -0.05) is 123 Å². The van der Waals surface area contributed by atoms with Gasteiger partial charge >= 0.3 is 0 Å². The van der Waals surface area contributed by atoms with Gasteiger partial charge in [-0.2, -0.15) is 0 Å². The van der Waals surface area contributed by atoms with E-state index in [0.29, 0.717) is 11.3 Å². The second-order valence-electron chi connectivity index (χ2n) is 11.4. The molecule has 0 aliphatic heterocycles. The lowest BCUT2D eigenvalue weighted by Crippen LogP contribution is -2.37. The third kappa shape index (κ3) is 4.53. The van der Waals surface area contributed by atoms with Crippen LogP contribution < -0.4 is 5.73 Å². The van der Waals surface area contributed by atoms with E-state index in [1.54, 1.807) is 6.07 Å². The van der Waals surface area contributed by atoms with E-state index in [1.807, 2.05) is 75.8 Å². The fourth-order valence-corrected chi connectivity index (χ4v) is 6.45. The Morgan fingerprint density at radius 1 is 0.767 bits per heavy atom. The molecular weight excluding hydrogens is 530 g/mol. The third-order valence-corrected chi connectivity index (χ3v) is 8.77. The number of amides is 1. The molecule has 1 atom stereocenters. The van der Waals surface area contributed by atoms with Crippen LogP contribution in [0.2, 0.25) is 0 Å². The highest BCUT2D eigenvalue weighted by Crippen LogP contribution is 2.43. The molecule has 0 fully saturated rings. The Hall–Kier alpha value is -5.00. The number of nitrogens with zero attached hydrogens (tertiary/aromatic N) is 2. The molecule has 0 radical (unpaired) electrons. The van der Waals surface area contributed by atoms with E-state index >= 15 is 0 Å². The van der Waals surface area contributed by atoms with E-state index in [0.717, 1.165) is 38.6 Å². The summed E-state index contributed by atoms with van der Waals surface area (Å²) in [4.78, 5) is 16.8. The molecule has 0 aliphatic rings. The van der Waals surface area contributed by atoms with Crippen LogP contribution in [-0.4, -0.2) is 20.6 Å². The Kier molecular flexibility index (Phi) is 7.20. The lowest BCUT2D eigenvalue weighted by molar-refractivity contribution is 0.0279. The van der Waals surface area contributed by atoms with Crippen molar-refractivity contribution in [3.8, 4) is 0 Å². The molecule has 0 aliphatic carbocycles. The lowest BCUT2D eigenvalue weighted by atomic mass is 9.76. The average molecular weight is 566 g/mol. The van der Waals surface area contributed by atoms with Crippen molar-refractivity contribution in [1.82, 2.24) is 9.55 Å². The van der Waals surface area contributed by atoms with Crippen molar-refractivity contribution < 1.29 is 9.90 Å². The minimum absolute atomic E-state index is 0.195. The number of benzene rings is 5. The van der Waals surface area contributed by atoms with Gasteiger partial charge in [-0.25, -0.2) is 4.98 Å². The van der Waals surface area contributed by atoms with E-state index in [1.165, 1.54) is 0 Å². The standard InChI is InChI=1S/C38H35N3O2/c1-26(2)38(43,32-20-22-33-27(3)34(36(39)42)21-19-28(33)23-32)35-24-41(25-40-35)37(29-13-7-4-8-14-29,30-15-9-5-10-16-30)31-17-11-6-12-18-31/h4-26,43H,1-3H3,(H2,39,42). The summed E-state index contributed by atoms with van der Waals surface area (Å²) >= 11 is 0. The highest BCUT2D eigenvalue weighted by Gasteiger charge is 2.42. The van der Waals surface area contributed by atoms with Gasteiger partial charge in [0.25, 0.3) is 0 Å². The normalized spacial score (nSPS) is 13.2. The second kappa shape index (κ2) is 11.0. The highest BCUT2D eigenvalue weighted by atomic mass is 16.3. The van der Waals surface area contributed by atoms with Crippen molar-refractivity contribution in [2.75, 3.05) is 0 Å². The van der Waals surface area contributed by atoms with Crippen LogP contribution in [-0.2, 0) is 11.1 Å². The lowest BCUT2D eigenvalue weighted by Gasteiger charge is -2.37. The van der Waals surface area contributed by atoms with Crippen LogP contribution in [0.3, 0.4) is 0 Å². The number of carbonyl (C=O) groups is 1. The summed E-state index contributed by atoms with van der Waals surface area (Å²) in [6, 6.07) is 40.7. The first kappa shape index (κ1) is 28.1. The number of hydrogen-bond acceptors (Lipinski definition) is 3. The van der Waals surface area contributed by atoms with Crippen molar-refractivity contribution >= 4 is 16.7 Å². The highest BCUT2D eigenvalue weighted by molar-refractivity contribution is 6.00. The van der Waals surface area contributed by atoms with Crippen LogP contribution >= 0.6 is 0 Å². The number of fused-ring (bicyclic) bond motifs is 1. The Labute approximate surface area is 252 Å². The first-order valence-corrected chi connectivity index (χ1v) is 14.6. The van der Waals surface area contributed by atoms with Gasteiger partial charge in [0.05, 0.1) is 12.0 Å². The molecule has 0 spiro atoms. The third-order valence-electron chi connectivity index (χ3n) is 8.77. The molecule has 1 heterocycles. The number of carbonyl (C=O) groups excluding carboxylic acids is 1. The predicted octanol–water partition coefficient (Wildman–Crippen LogP) is 7.18. The van der Waals surface area contributed by atoms with Crippen molar-refractivity contribution in [3.63, 3.8) is 0 Å². The maximum Gasteiger partial charge on any atom is 0.248 e. The number of hydrogen-bond donors (Lipinski definition) is 2. The quantitative estimate of drug-likeness (QED) is 0.192. The number of aliphatic hydroxyl groups is 1. The van der Waals surface area contributed by atoms with E-state index in [9.17, 15) is 9.90 Å². The molecule has 1 aromatic heterocycles. The summed E-state index contributed by atoms with van der Waals surface area (Å²) in [6.07, 6.45) is 3.82. The number of primary amides is 1. The van der Waals surface area contributed by atoms with Gasteiger partial charge < -0.3 is 15.4 Å². The van der Waals surface area contributed by atoms with Crippen LogP contribution in [0.25, 0.3) is 10.8 Å². The SMILES string of the molecule is Cc1c(C(N)=O)ccc2cc(C(O)(c3cn(C(c4ccccc4)(c4ccccc4)c4ccccc4)cn3)C(C)C)ccc12. The minimum atomic E-state index is -1.38. The molecule has 1 unspecified atom stereocenters. The van der Waals surface area contributed by atoms with E-state index in [-0.39, 0.29) is 5.92 Å². The van der Waals surface area contributed by atoms with E-state index in [2.05, 4.69) is 77.4 Å². The summed E-state index contributed by atoms with van der Waals surface area (Å²) in [5.74, 6) is -0.648. The fourth-order valence-electron chi connectivity index (χ4n) is 6.45. The van der Waals surface area contributed by atoms with E-state index in [4.69, 9.17) is 10.7 Å². The molecule has 214 valence electrons. The number of nitrogens with two attached hydrogens (primary N) is 1. The number of aryl methyl sites for hydroxylation is 1. The van der Waals surface area contributed by atoms with Crippen molar-refractivity contribution in [2.24, 2.45) is 11.7 Å². The van der Waals surface area contributed by atoms with Gasteiger partial charge in [0.2, 0.25) is 5.91 Å². The first-order valence-electron chi connectivity index (χ1n) is 14.6.